The molecule has 12 heavy (non-hydrogen) atoms. The maximum absolute atomic E-state index is 5.31. The summed E-state index contributed by atoms with van der Waals surface area (Å²) in [5, 5.41) is 3.26. The Morgan fingerprint density at radius 1 is 1.58 bits per heavy atom. The van der Waals surface area contributed by atoms with E-state index in [0.29, 0.717) is 6.54 Å². The zero-order chi connectivity index (χ0) is 9.19. The highest BCUT2D eigenvalue weighted by molar-refractivity contribution is 5.10. The van der Waals surface area contributed by atoms with Gasteiger partial charge in [-0.2, -0.15) is 0 Å². The highest BCUT2D eigenvalue weighted by atomic mass is 16.4. The fraction of sp³-hybridized carbons (Fsp3) is 0.625. The van der Waals surface area contributed by atoms with Crippen molar-refractivity contribution < 1.29 is 4.42 Å². The van der Waals surface area contributed by atoms with Crippen molar-refractivity contribution in [2.24, 2.45) is 0 Å². The van der Waals surface area contributed by atoms with E-state index in [2.05, 4.69) is 31.1 Å². The van der Waals surface area contributed by atoms with E-state index < -0.39 is 0 Å². The molecule has 0 amide bonds. The number of hydrogen-bond donors (Lipinski definition) is 2. The summed E-state index contributed by atoms with van der Waals surface area (Å²) in [5.74, 6) is 0.766. The molecule has 0 spiro atoms. The summed E-state index contributed by atoms with van der Waals surface area (Å²) < 4.78 is 5.08. The van der Waals surface area contributed by atoms with E-state index in [1.54, 1.807) is 6.20 Å². The molecule has 0 aromatic carbocycles. The lowest BCUT2D eigenvalue weighted by Crippen LogP contribution is -2.34. The summed E-state index contributed by atoms with van der Waals surface area (Å²) in [6.45, 7) is 6.93. The molecule has 0 atom stereocenters. The molecule has 1 aromatic heterocycles. The lowest BCUT2D eigenvalue weighted by atomic mass is 10.1. The van der Waals surface area contributed by atoms with E-state index in [1.165, 1.54) is 0 Å². The molecule has 3 N–H and O–H groups in total. The van der Waals surface area contributed by atoms with E-state index >= 15 is 0 Å². The van der Waals surface area contributed by atoms with Crippen molar-refractivity contribution in [2.75, 3.05) is 5.73 Å². The molecule has 0 saturated carbocycles. The monoisotopic (exact) mass is 169 g/mol. The fourth-order valence-electron chi connectivity index (χ4n) is 0.757. The first-order valence-electron chi connectivity index (χ1n) is 3.92. The third kappa shape index (κ3) is 2.92. The molecule has 0 unspecified atom stereocenters. The third-order valence-corrected chi connectivity index (χ3v) is 1.36. The van der Waals surface area contributed by atoms with Crippen molar-refractivity contribution in [1.82, 2.24) is 10.3 Å². The average molecular weight is 169 g/mol. The van der Waals surface area contributed by atoms with Gasteiger partial charge in [0.2, 0.25) is 0 Å². The lowest BCUT2D eigenvalue weighted by Gasteiger charge is -2.19. The number of nitrogen functional groups attached to an aromatic ring is 1. The lowest BCUT2D eigenvalue weighted by molar-refractivity contribution is 0.391. The van der Waals surface area contributed by atoms with Crippen LogP contribution in [-0.2, 0) is 6.54 Å². The zero-order valence-corrected chi connectivity index (χ0v) is 7.72. The van der Waals surface area contributed by atoms with Crippen molar-refractivity contribution in [3.05, 3.63) is 12.0 Å². The molecule has 68 valence electrons. The Morgan fingerprint density at radius 3 is 2.67 bits per heavy atom. The highest BCUT2D eigenvalue weighted by Gasteiger charge is 2.09. The number of hydrogen-bond acceptors (Lipinski definition) is 4. The normalized spacial score (nSPS) is 11.9. The average Bonchev–Trinajstić information content (AvgIpc) is 2.30. The van der Waals surface area contributed by atoms with E-state index in [-0.39, 0.29) is 11.6 Å². The van der Waals surface area contributed by atoms with Crippen LogP contribution in [0.15, 0.2) is 10.6 Å². The third-order valence-electron chi connectivity index (χ3n) is 1.36. The van der Waals surface area contributed by atoms with Gasteiger partial charge in [-0.3, -0.25) is 0 Å². The van der Waals surface area contributed by atoms with Gasteiger partial charge in [0.1, 0.15) is 5.76 Å². The predicted octanol–water partition coefficient (Wildman–Crippen LogP) is 1.14. The molecule has 0 aliphatic rings. The van der Waals surface area contributed by atoms with E-state index in [0.717, 1.165) is 5.76 Å². The number of aromatic nitrogens is 1. The molecule has 0 bridgehead atoms. The Hall–Kier alpha value is -1.03. The molecule has 0 radical (unpaired) electrons. The minimum atomic E-state index is 0.0849. The van der Waals surface area contributed by atoms with Crippen molar-refractivity contribution in [3.63, 3.8) is 0 Å². The van der Waals surface area contributed by atoms with Gasteiger partial charge < -0.3 is 15.5 Å². The van der Waals surface area contributed by atoms with Crippen LogP contribution in [0.2, 0.25) is 0 Å². The molecule has 0 saturated heterocycles. The van der Waals surface area contributed by atoms with Crippen LogP contribution >= 0.6 is 0 Å². The Kier molecular flexibility index (Phi) is 2.38. The Labute approximate surface area is 72.2 Å². The van der Waals surface area contributed by atoms with E-state index in [4.69, 9.17) is 10.2 Å². The minimum absolute atomic E-state index is 0.0849. The maximum Gasteiger partial charge on any atom is 0.292 e. The van der Waals surface area contributed by atoms with Gasteiger partial charge in [-0.05, 0) is 20.8 Å². The SMILES string of the molecule is CC(C)(C)NCc1cnc(N)o1. The van der Waals surface area contributed by atoms with Crippen LogP contribution in [0.4, 0.5) is 6.01 Å². The maximum atomic E-state index is 5.31. The van der Waals surface area contributed by atoms with Crippen LogP contribution in [0.5, 0.6) is 0 Å². The van der Waals surface area contributed by atoms with Gasteiger partial charge in [0.15, 0.2) is 0 Å². The fourth-order valence-corrected chi connectivity index (χ4v) is 0.757. The Balaban J connectivity index is 2.44. The number of nitrogens with one attached hydrogen (secondary N) is 1. The standard InChI is InChI=1S/C8H15N3O/c1-8(2,3)11-5-6-4-10-7(9)12-6/h4,11H,5H2,1-3H3,(H2,9,10). The van der Waals surface area contributed by atoms with Gasteiger partial charge in [0.05, 0.1) is 12.7 Å². The van der Waals surface area contributed by atoms with Crippen molar-refractivity contribution >= 4 is 6.01 Å². The first-order chi connectivity index (χ1) is 5.47. The molecular formula is C8H15N3O. The molecule has 4 nitrogen and oxygen atoms in total. The van der Waals surface area contributed by atoms with Crippen molar-refractivity contribution in [2.45, 2.75) is 32.9 Å². The summed E-state index contributed by atoms with van der Waals surface area (Å²) in [6, 6.07) is 0.223. The molecule has 1 rings (SSSR count). The van der Waals surface area contributed by atoms with Gasteiger partial charge in [0, 0.05) is 5.54 Å². The van der Waals surface area contributed by atoms with Gasteiger partial charge in [-0.1, -0.05) is 0 Å². The zero-order valence-electron chi connectivity index (χ0n) is 7.72. The Bertz CT molecular complexity index is 249. The van der Waals surface area contributed by atoms with Crippen molar-refractivity contribution in [1.29, 1.82) is 0 Å². The quantitative estimate of drug-likeness (QED) is 0.697. The molecule has 0 aliphatic heterocycles. The van der Waals surface area contributed by atoms with Crippen LogP contribution in [-0.4, -0.2) is 10.5 Å². The first kappa shape index (κ1) is 9.06. The number of anilines is 1. The predicted molar refractivity (Wildman–Crippen MR) is 47.5 cm³/mol. The molecule has 1 heterocycles. The van der Waals surface area contributed by atoms with Crippen LogP contribution < -0.4 is 11.1 Å². The number of rotatable bonds is 2. The summed E-state index contributed by atoms with van der Waals surface area (Å²) in [7, 11) is 0. The topological polar surface area (TPSA) is 64.1 Å². The number of nitrogens with zero attached hydrogens (tertiary/aromatic N) is 1. The second kappa shape index (κ2) is 3.15. The summed E-state index contributed by atoms with van der Waals surface area (Å²) in [6.07, 6.45) is 1.63. The summed E-state index contributed by atoms with van der Waals surface area (Å²) >= 11 is 0. The van der Waals surface area contributed by atoms with Gasteiger partial charge in [-0.15, -0.1) is 0 Å². The molecular weight excluding hydrogens is 154 g/mol. The van der Waals surface area contributed by atoms with Crippen LogP contribution in [0, 0.1) is 0 Å². The molecule has 1 aromatic rings. The van der Waals surface area contributed by atoms with Crippen LogP contribution in [0.3, 0.4) is 0 Å². The molecule has 0 aliphatic carbocycles. The number of oxazole rings is 1. The second-order valence-electron chi connectivity index (χ2n) is 3.77. The van der Waals surface area contributed by atoms with E-state index in [9.17, 15) is 0 Å². The second-order valence-corrected chi connectivity index (χ2v) is 3.77. The van der Waals surface area contributed by atoms with Crippen LogP contribution in [0.25, 0.3) is 0 Å². The first-order valence-corrected chi connectivity index (χ1v) is 3.92. The molecule has 0 fully saturated rings. The van der Waals surface area contributed by atoms with Gasteiger partial charge in [-0.25, -0.2) is 4.98 Å². The van der Waals surface area contributed by atoms with E-state index in [1.807, 2.05) is 0 Å². The van der Waals surface area contributed by atoms with Gasteiger partial charge >= 0.3 is 0 Å². The highest BCUT2D eigenvalue weighted by Crippen LogP contribution is 2.06. The largest absolute Gasteiger partial charge is 0.428 e. The molecule has 4 heteroatoms. The van der Waals surface area contributed by atoms with Crippen molar-refractivity contribution in [3.8, 4) is 0 Å². The summed E-state index contributed by atoms with van der Waals surface area (Å²) in [5.41, 5.74) is 5.40. The van der Waals surface area contributed by atoms with Gasteiger partial charge in [0.25, 0.3) is 6.01 Å². The Morgan fingerprint density at radius 2 is 2.25 bits per heavy atom. The van der Waals surface area contributed by atoms with Crippen LogP contribution in [0.1, 0.15) is 26.5 Å². The number of nitrogens with two attached hydrogens (primary N) is 1. The smallest absolute Gasteiger partial charge is 0.292 e. The minimum Gasteiger partial charge on any atom is -0.428 e. The summed E-state index contributed by atoms with van der Waals surface area (Å²) in [4.78, 5) is 3.79.